The van der Waals surface area contributed by atoms with Crippen molar-refractivity contribution in [3.8, 4) is 0 Å². The van der Waals surface area contributed by atoms with Crippen molar-refractivity contribution >= 4 is 31.4 Å². The minimum absolute atomic E-state index is 0.716. The van der Waals surface area contributed by atoms with Crippen LogP contribution >= 0.6 is 31.4 Å². The standard InChI is InChI=1S/C50H102O6S3/c1-9-17-41-51-49(52-42-18-10-2,53-43-19-11-3)39-35-31-27-23-25-29-33-37-47(15-7)57-59-58-48(16-8)38-34-30-26-24-28-32-36-40-50(54-44-20-12-4,55-45-21-13-5)56-46-22-14-6/h47-48H,9-46H2,1-8H3. The molecule has 0 aromatic carbocycles. The maximum Gasteiger partial charge on any atom is 0.282 e. The van der Waals surface area contributed by atoms with Crippen LogP contribution in [0.15, 0.2) is 0 Å². The van der Waals surface area contributed by atoms with E-state index in [4.69, 9.17) is 28.4 Å². The zero-order valence-electron chi connectivity index (χ0n) is 40.7. The van der Waals surface area contributed by atoms with E-state index in [2.05, 4.69) is 86.8 Å². The second kappa shape index (κ2) is 45.4. The molecule has 0 aliphatic rings. The summed E-state index contributed by atoms with van der Waals surface area (Å²) >= 11 is 0. The van der Waals surface area contributed by atoms with E-state index in [0.717, 1.165) is 113 Å². The molecule has 0 fully saturated rings. The predicted octanol–water partition coefficient (Wildman–Crippen LogP) is 17.8. The second-order valence-corrected chi connectivity index (χ2v) is 21.6. The third-order valence-corrected chi connectivity index (χ3v) is 16.6. The fourth-order valence-corrected chi connectivity index (χ4v) is 12.6. The summed E-state index contributed by atoms with van der Waals surface area (Å²) in [6.07, 6.45) is 38.2. The van der Waals surface area contributed by atoms with Crippen LogP contribution in [-0.4, -0.2) is 62.1 Å². The quantitative estimate of drug-likeness (QED) is 0.0338. The van der Waals surface area contributed by atoms with Crippen molar-refractivity contribution in [2.45, 2.75) is 283 Å². The molecule has 0 aromatic rings. The molecule has 356 valence electrons. The average Bonchev–Trinajstić information content (AvgIpc) is 3.24. The molecular weight excluding hydrogens is 793 g/mol. The first-order valence-electron chi connectivity index (χ1n) is 25.8. The van der Waals surface area contributed by atoms with E-state index in [9.17, 15) is 0 Å². The molecule has 0 saturated heterocycles. The van der Waals surface area contributed by atoms with Gasteiger partial charge in [-0.1, -0.05) is 193 Å². The van der Waals surface area contributed by atoms with Crippen LogP contribution in [0.25, 0.3) is 0 Å². The van der Waals surface area contributed by atoms with Gasteiger partial charge in [0.1, 0.15) is 0 Å². The van der Waals surface area contributed by atoms with Crippen LogP contribution in [0.4, 0.5) is 0 Å². The Morgan fingerprint density at radius 3 is 0.780 bits per heavy atom. The fourth-order valence-electron chi connectivity index (χ4n) is 6.88. The van der Waals surface area contributed by atoms with E-state index < -0.39 is 11.9 Å². The smallest absolute Gasteiger partial charge is 0.282 e. The Hall–Kier alpha value is 0.810. The maximum absolute atomic E-state index is 6.32. The summed E-state index contributed by atoms with van der Waals surface area (Å²) in [5.74, 6) is -1.68. The van der Waals surface area contributed by atoms with Crippen LogP contribution in [0.1, 0.15) is 261 Å². The Kier molecular flexibility index (Phi) is 46.0. The zero-order chi connectivity index (χ0) is 43.4. The number of hydrogen-bond donors (Lipinski definition) is 0. The molecule has 0 N–H and O–H groups in total. The highest BCUT2D eigenvalue weighted by molar-refractivity contribution is 9.09. The third kappa shape index (κ3) is 35.8. The van der Waals surface area contributed by atoms with Crippen molar-refractivity contribution in [3.05, 3.63) is 0 Å². The Bertz CT molecular complexity index is 706. The van der Waals surface area contributed by atoms with Crippen molar-refractivity contribution in [1.82, 2.24) is 0 Å². The van der Waals surface area contributed by atoms with Crippen LogP contribution in [0.5, 0.6) is 0 Å². The average molecular weight is 896 g/mol. The van der Waals surface area contributed by atoms with Crippen molar-refractivity contribution in [2.24, 2.45) is 0 Å². The first-order chi connectivity index (χ1) is 28.9. The Morgan fingerprint density at radius 1 is 0.305 bits per heavy atom. The van der Waals surface area contributed by atoms with Gasteiger partial charge in [0.25, 0.3) is 11.9 Å². The van der Waals surface area contributed by atoms with Crippen molar-refractivity contribution in [2.75, 3.05) is 39.6 Å². The maximum atomic E-state index is 6.32. The fraction of sp³-hybridized carbons (Fsp3) is 1.00. The minimum Gasteiger partial charge on any atom is -0.327 e. The highest BCUT2D eigenvalue weighted by Gasteiger charge is 2.34. The summed E-state index contributed by atoms with van der Waals surface area (Å²) in [6.45, 7) is 22.3. The van der Waals surface area contributed by atoms with Gasteiger partial charge in [0.2, 0.25) is 0 Å². The van der Waals surface area contributed by atoms with E-state index in [0.29, 0.717) is 39.6 Å². The lowest BCUT2D eigenvalue weighted by Crippen LogP contribution is -2.40. The van der Waals surface area contributed by atoms with E-state index >= 15 is 0 Å². The lowest BCUT2D eigenvalue weighted by molar-refractivity contribution is -0.384. The Balaban J connectivity index is 4.27. The van der Waals surface area contributed by atoms with Gasteiger partial charge in [-0.25, -0.2) is 0 Å². The first kappa shape index (κ1) is 59.8. The minimum atomic E-state index is -0.840. The molecule has 2 unspecified atom stereocenters. The first-order valence-corrected chi connectivity index (χ1v) is 29.4. The highest BCUT2D eigenvalue weighted by atomic mass is 33.5. The second-order valence-electron chi connectivity index (χ2n) is 16.9. The van der Waals surface area contributed by atoms with Gasteiger partial charge in [-0.2, -0.15) is 0 Å². The molecule has 0 aliphatic carbocycles. The topological polar surface area (TPSA) is 55.4 Å². The number of unbranched alkanes of at least 4 members (excludes halogenated alkanes) is 18. The molecule has 0 radical (unpaired) electrons. The van der Waals surface area contributed by atoms with Gasteiger partial charge in [0, 0.05) is 23.3 Å². The lowest BCUT2D eigenvalue weighted by atomic mass is 10.1. The van der Waals surface area contributed by atoms with Crippen LogP contribution in [0.2, 0.25) is 0 Å². The summed E-state index contributed by atoms with van der Waals surface area (Å²) in [5.41, 5.74) is 0. The van der Waals surface area contributed by atoms with Crippen molar-refractivity contribution in [3.63, 3.8) is 0 Å². The molecule has 9 heteroatoms. The largest absolute Gasteiger partial charge is 0.327 e. The van der Waals surface area contributed by atoms with Crippen LogP contribution in [0, 0.1) is 0 Å². The molecule has 6 nitrogen and oxygen atoms in total. The van der Waals surface area contributed by atoms with Gasteiger partial charge in [-0.3, -0.25) is 0 Å². The van der Waals surface area contributed by atoms with Gasteiger partial charge in [-0.15, -0.1) is 0 Å². The molecule has 2 atom stereocenters. The normalized spacial score (nSPS) is 13.4. The summed E-state index contributed by atoms with van der Waals surface area (Å²) in [5, 5.41) is 1.57. The van der Waals surface area contributed by atoms with E-state index in [1.165, 1.54) is 103 Å². The molecule has 0 spiro atoms. The summed E-state index contributed by atoms with van der Waals surface area (Å²) in [6, 6.07) is 0. The highest BCUT2D eigenvalue weighted by Crippen LogP contribution is 2.44. The van der Waals surface area contributed by atoms with Gasteiger partial charge >= 0.3 is 0 Å². The number of hydrogen-bond acceptors (Lipinski definition) is 9. The molecule has 59 heavy (non-hydrogen) atoms. The van der Waals surface area contributed by atoms with Crippen molar-refractivity contribution in [1.29, 1.82) is 0 Å². The SMILES string of the molecule is CCCCOC(CCCCCCCCCC(CC)SSSC(CC)CCCCCCCCCC(OCCCC)(OCCCC)OCCCC)(OCCCC)OCCCC. The molecular formula is C50H102O6S3. The molecule has 0 bridgehead atoms. The van der Waals surface area contributed by atoms with E-state index in [1.54, 1.807) is 0 Å². The van der Waals surface area contributed by atoms with Gasteiger partial charge < -0.3 is 28.4 Å². The molecule has 0 amide bonds. The number of ether oxygens (including phenoxy) is 6. The molecule has 0 rings (SSSR count). The lowest BCUT2D eigenvalue weighted by Gasteiger charge is -2.33. The summed E-state index contributed by atoms with van der Waals surface area (Å²) < 4.78 is 37.9. The Labute approximate surface area is 380 Å². The van der Waals surface area contributed by atoms with Crippen LogP contribution in [-0.2, 0) is 28.4 Å². The number of rotatable bonds is 50. The summed E-state index contributed by atoms with van der Waals surface area (Å²) in [4.78, 5) is 0. The molecule has 0 heterocycles. The van der Waals surface area contributed by atoms with Crippen LogP contribution < -0.4 is 0 Å². The van der Waals surface area contributed by atoms with E-state index in [-0.39, 0.29) is 0 Å². The monoisotopic (exact) mass is 895 g/mol. The van der Waals surface area contributed by atoms with Crippen molar-refractivity contribution < 1.29 is 28.4 Å². The molecule has 0 saturated carbocycles. The molecule has 0 aliphatic heterocycles. The van der Waals surface area contributed by atoms with Gasteiger partial charge in [0.05, 0.1) is 39.6 Å². The van der Waals surface area contributed by atoms with Gasteiger partial charge in [0.15, 0.2) is 0 Å². The molecule has 0 aromatic heterocycles. The Morgan fingerprint density at radius 2 is 0.542 bits per heavy atom. The van der Waals surface area contributed by atoms with Crippen LogP contribution in [0.3, 0.4) is 0 Å². The summed E-state index contributed by atoms with van der Waals surface area (Å²) in [7, 11) is 6.39. The van der Waals surface area contributed by atoms with E-state index in [1.807, 2.05) is 0 Å². The predicted molar refractivity (Wildman–Crippen MR) is 265 cm³/mol. The van der Waals surface area contributed by atoms with Gasteiger partial charge in [-0.05, 0) is 86.9 Å². The third-order valence-electron chi connectivity index (χ3n) is 11.2. The zero-order valence-corrected chi connectivity index (χ0v) is 43.1.